The van der Waals surface area contributed by atoms with E-state index in [1.807, 2.05) is 0 Å². The zero-order chi connectivity index (χ0) is 12.0. The number of nitrogens with two attached hydrogens (primary N) is 1. The molecule has 16 heavy (non-hydrogen) atoms. The van der Waals surface area contributed by atoms with E-state index in [2.05, 4.69) is 0 Å². The average molecular weight is 249 g/mol. The minimum Gasteiger partial charge on any atom is -0.378 e. The van der Waals surface area contributed by atoms with Crippen LogP contribution in [0.5, 0.6) is 0 Å². The van der Waals surface area contributed by atoms with Crippen molar-refractivity contribution >= 4 is 9.84 Å². The van der Waals surface area contributed by atoms with Gasteiger partial charge in [-0.05, 0) is 31.7 Å². The molecule has 2 unspecified atom stereocenters. The standard InChI is InChI=1S/C11H23NO3S/c1-16(13,14)8-4-7-15-11-6-3-2-5-10(11)9-12/h10-11H,2-9,12H2,1H3. The van der Waals surface area contributed by atoms with E-state index in [-0.39, 0.29) is 11.9 Å². The highest BCUT2D eigenvalue weighted by molar-refractivity contribution is 7.90. The van der Waals surface area contributed by atoms with Crippen molar-refractivity contribution in [2.24, 2.45) is 11.7 Å². The van der Waals surface area contributed by atoms with E-state index in [0.29, 0.717) is 25.5 Å². The van der Waals surface area contributed by atoms with Crippen LogP contribution in [0.15, 0.2) is 0 Å². The van der Waals surface area contributed by atoms with Gasteiger partial charge in [-0.1, -0.05) is 12.8 Å². The Bertz CT molecular complexity index is 290. The molecule has 1 aliphatic rings. The third-order valence-electron chi connectivity index (χ3n) is 3.13. The van der Waals surface area contributed by atoms with E-state index in [1.54, 1.807) is 0 Å². The Balaban J connectivity index is 2.20. The summed E-state index contributed by atoms with van der Waals surface area (Å²) >= 11 is 0. The zero-order valence-corrected chi connectivity index (χ0v) is 10.8. The molecular weight excluding hydrogens is 226 g/mol. The van der Waals surface area contributed by atoms with Gasteiger partial charge < -0.3 is 10.5 Å². The van der Waals surface area contributed by atoms with Crippen molar-refractivity contribution in [2.45, 2.75) is 38.2 Å². The maximum absolute atomic E-state index is 10.9. The maximum Gasteiger partial charge on any atom is 0.147 e. The molecule has 0 aromatic rings. The van der Waals surface area contributed by atoms with Crippen LogP contribution >= 0.6 is 0 Å². The summed E-state index contributed by atoms with van der Waals surface area (Å²) in [5.41, 5.74) is 5.69. The molecule has 0 amide bonds. The number of ether oxygens (including phenoxy) is 1. The number of hydrogen-bond donors (Lipinski definition) is 1. The van der Waals surface area contributed by atoms with Gasteiger partial charge in [-0.25, -0.2) is 8.42 Å². The predicted molar refractivity (Wildman–Crippen MR) is 65.1 cm³/mol. The van der Waals surface area contributed by atoms with Gasteiger partial charge in [0.15, 0.2) is 0 Å². The summed E-state index contributed by atoms with van der Waals surface area (Å²) in [6.45, 7) is 1.21. The van der Waals surface area contributed by atoms with Crippen LogP contribution in [-0.4, -0.2) is 39.7 Å². The van der Waals surface area contributed by atoms with Crippen molar-refractivity contribution in [3.05, 3.63) is 0 Å². The molecule has 0 aliphatic heterocycles. The third kappa shape index (κ3) is 5.27. The smallest absolute Gasteiger partial charge is 0.147 e. The van der Waals surface area contributed by atoms with Crippen LogP contribution in [-0.2, 0) is 14.6 Å². The van der Waals surface area contributed by atoms with Gasteiger partial charge in [-0.2, -0.15) is 0 Å². The molecule has 1 fully saturated rings. The fourth-order valence-electron chi connectivity index (χ4n) is 2.22. The van der Waals surface area contributed by atoms with E-state index >= 15 is 0 Å². The normalized spacial score (nSPS) is 26.9. The van der Waals surface area contributed by atoms with Gasteiger partial charge in [-0.15, -0.1) is 0 Å². The van der Waals surface area contributed by atoms with Crippen molar-refractivity contribution in [1.29, 1.82) is 0 Å². The first-order valence-electron chi connectivity index (χ1n) is 6.02. The van der Waals surface area contributed by atoms with E-state index in [0.717, 1.165) is 12.8 Å². The van der Waals surface area contributed by atoms with E-state index in [1.165, 1.54) is 19.1 Å². The maximum atomic E-state index is 10.9. The monoisotopic (exact) mass is 249 g/mol. The lowest BCUT2D eigenvalue weighted by atomic mass is 9.86. The van der Waals surface area contributed by atoms with Gasteiger partial charge in [0.2, 0.25) is 0 Å². The van der Waals surface area contributed by atoms with Crippen LogP contribution in [0.3, 0.4) is 0 Å². The highest BCUT2D eigenvalue weighted by Gasteiger charge is 2.24. The van der Waals surface area contributed by atoms with Gasteiger partial charge in [0.25, 0.3) is 0 Å². The van der Waals surface area contributed by atoms with Crippen LogP contribution in [0.1, 0.15) is 32.1 Å². The summed E-state index contributed by atoms with van der Waals surface area (Å²) in [6, 6.07) is 0. The molecule has 0 aromatic carbocycles. The summed E-state index contributed by atoms with van der Waals surface area (Å²) in [7, 11) is -2.85. The van der Waals surface area contributed by atoms with Crippen molar-refractivity contribution < 1.29 is 13.2 Å². The summed E-state index contributed by atoms with van der Waals surface area (Å²) in [6.07, 6.45) is 6.76. The van der Waals surface area contributed by atoms with E-state index < -0.39 is 9.84 Å². The number of sulfone groups is 1. The molecule has 0 spiro atoms. The molecule has 2 N–H and O–H groups in total. The second kappa shape index (κ2) is 6.57. The SMILES string of the molecule is CS(=O)(=O)CCCOC1CCCCC1CN. The third-order valence-corrected chi connectivity index (χ3v) is 4.16. The minimum atomic E-state index is -2.85. The van der Waals surface area contributed by atoms with Gasteiger partial charge in [0, 0.05) is 12.9 Å². The summed E-state index contributed by atoms with van der Waals surface area (Å²) in [5.74, 6) is 0.680. The second-order valence-electron chi connectivity index (χ2n) is 4.67. The van der Waals surface area contributed by atoms with Crippen LogP contribution in [0.2, 0.25) is 0 Å². The molecule has 4 nitrogen and oxygen atoms in total. The van der Waals surface area contributed by atoms with Crippen LogP contribution in [0.4, 0.5) is 0 Å². The molecule has 0 radical (unpaired) electrons. The van der Waals surface area contributed by atoms with E-state index in [9.17, 15) is 8.42 Å². The molecule has 0 saturated heterocycles. The minimum absolute atomic E-state index is 0.215. The molecule has 96 valence electrons. The Morgan fingerprint density at radius 1 is 1.31 bits per heavy atom. The lowest BCUT2D eigenvalue weighted by molar-refractivity contribution is -0.00726. The summed E-state index contributed by atoms with van der Waals surface area (Å²) in [5, 5.41) is 0. The molecule has 2 atom stereocenters. The first-order valence-corrected chi connectivity index (χ1v) is 8.08. The topological polar surface area (TPSA) is 69.4 Å². The molecule has 0 aromatic heterocycles. The van der Waals surface area contributed by atoms with Crippen LogP contribution in [0.25, 0.3) is 0 Å². The Morgan fingerprint density at radius 3 is 2.62 bits per heavy atom. The Kier molecular flexibility index (Phi) is 5.72. The Hall–Kier alpha value is -0.130. The second-order valence-corrected chi connectivity index (χ2v) is 6.93. The predicted octanol–water partition coefficient (Wildman–Crippen LogP) is 0.955. The Labute approximate surface area is 98.5 Å². The van der Waals surface area contributed by atoms with Gasteiger partial charge >= 0.3 is 0 Å². The molecule has 0 bridgehead atoms. The molecular formula is C11H23NO3S. The number of hydrogen-bond acceptors (Lipinski definition) is 4. The fourth-order valence-corrected chi connectivity index (χ4v) is 2.86. The quantitative estimate of drug-likeness (QED) is 0.712. The van der Waals surface area contributed by atoms with Crippen LogP contribution in [0, 0.1) is 5.92 Å². The molecule has 1 saturated carbocycles. The summed E-state index contributed by atoms with van der Waals surface area (Å²) in [4.78, 5) is 0. The van der Waals surface area contributed by atoms with Crippen LogP contribution < -0.4 is 5.73 Å². The zero-order valence-electron chi connectivity index (χ0n) is 10.0. The van der Waals surface area contributed by atoms with Crippen molar-refractivity contribution in [3.8, 4) is 0 Å². The lowest BCUT2D eigenvalue weighted by Gasteiger charge is -2.30. The molecule has 5 heteroatoms. The first kappa shape index (κ1) is 13.9. The van der Waals surface area contributed by atoms with Gasteiger partial charge in [-0.3, -0.25) is 0 Å². The molecule has 0 heterocycles. The van der Waals surface area contributed by atoms with E-state index in [4.69, 9.17) is 10.5 Å². The first-order chi connectivity index (χ1) is 7.53. The molecule has 1 rings (SSSR count). The van der Waals surface area contributed by atoms with Crippen molar-refractivity contribution in [1.82, 2.24) is 0 Å². The number of rotatable bonds is 6. The highest BCUT2D eigenvalue weighted by Crippen LogP contribution is 2.26. The fraction of sp³-hybridized carbons (Fsp3) is 1.00. The van der Waals surface area contributed by atoms with Crippen molar-refractivity contribution in [2.75, 3.05) is 25.2 Å². The summed E-state index contributed by atoms with van der Waals surface area (Å²) < 4.78 is 27.6. The average Bonchev–Trinajstić information content (AvgIpc) is 2.23. The van der Waals surface area contributed by atoms with Crippen molar-refractivity contribution in [3.63, 3.8) is 0 Å². The largest absolute Gasteiger partial charge is 0.378 e. The molecule has 1 aliphatic carbocycles. The Morgan fingerprint density at radius 2 is 2.00 bits per heavy atom. The van der Waals surface area contributed by atoms with Gasteiger partial charge in [0.1, 0.15) is 9.84 Å². The lowest BCUT2D eigenvalue weighted by Crippen LogP contribution is -2.33. The van der Waals surface area contributed by atoms with Gasteiger partial charge in [0.05, 0.1) is 11.9 Å². The highest BCUT2D eigenvalue weighted by atomic mass is 32.2.